The SMILES string of the molecule is CPc1cccc(C(=O)N2CCCC2)c1. The molecule has 1 unspecified atom stereocenters. The molecule has 1 fully saturated rings. The fraction of sp³-hybridized carbons (Fsp3) is 0.417. The lowest BCUT2D eigenvalue weighted by molar-refractivity contribution is 0.0793. The van der Waals surface area contributed by atoms with E-state index in [4.69, 9.17) is 0 Å². The average molecular weight is 221 g/mol. The van der Waals surface area contributed by atoms with E-state index in [0.717, 1.165) is 40.1 Å². The van der Waals surface area contributed by atoms with Crippen molar-refractivity contribution in [1.29, 1.82) is 0 Å². The first-order valence-corrected chi connectivity index (χ1v) is 6.88. The normalized spacial score (nSPS) is 16.5. The number of benzene rings is 1. The van der Waals surface area contributed by atoms with Crippen LogP contribution < -0.4 is 5.30 Å². The lowest BCUT2D eigenvalue weighted by Crippen LogP contribution is -2.27. The first kappa shape index (κ1) is 10.6. The van der Waals surface area contributed by atoms with Crippen molar-refractivity contribution in [2.24, 2.45) is 0 Å². The molecule has 1 aromatic carbocycles. The Morgan fingerprint density at radius 1 is 1.33 bits per heavy atom. The highest BCUT2D eigenvalue weighted by atomic mass is 31.1. The van der Waals surface area contributed by atoms with Crippen LogP contribution in [-0.4, -0.2) is 30.6 Å². The van der Waals surface area contributed by atoms with E-state index in [1.54, 1.807) is 0 Å². The Morgan fingerprint density at radius 3 is 2.73 bits per heavy atom. The summed E-state index contributed by atoms with van der Waals surface area (Å²) in [6, 6.07) is 8.01. The molecule has 1 atom stereocenters. The van der Waals surface area contributed by atoms with Gasteiger partial charge in [0.1, 0.15) is 0 Å². The maximum Gasteiger partial charge on any atom is 0.253 e. The van der Waals surface area contributed by atoms with Crippen molar-refractivity contribution in [1.82, 2.24) is 4.90 Å². The maximum absolute atomic E-state index is 12.0. The van der Waals surface area contributed by atoms with Crippen LogP contribution in [0.15, 0.2) is 24.3 Å². The second-order valence-corrected chi connectivity index (χ2v) is 4.91. The van der Waals surface area contributed by atoms with Gasteiger partial charge in [-0.15, -0.1) is 0 Å². The third kappa shape index (κ3) is 2.38. The van der Waals surface area contributed by atoms with Crippen molar-refractivity contribution in [3.05, 3.63) is 29.8 Å². The fourth-order valence-corrected chi connectivity index (χ4v) is 2.47. The molecule has 1 aromatic rings. The van der Waals surface area contributed by atoms with Gasteiger partial charge in [0.2, 0.25) is 0 Å². The molecule has 1 aliphatic rings. The van der Waals surface area contributed by atoms with Crippen molar-refractivity contribution >= 4 is 19.8 Å². The molecule has 15 heavy (non-hydrogen) atoms. The zero-order chi connectivity index (χ0) is 10.7. The number of carbonyl (C=O) groups excluding carboxylic acids is 1. The summed E-state index contributed by atoms with van der Waals surface area (Å²) in [5.74, 6) is 0.201. The van der Waals surface area contributed by atoms with Crippen molar-refractivity contribution in [2.45, 2.75) is 12.8 Å². The first-order chi connectivity index (χ1) is 7.31. The Balaban J connectivity index is 2.17. The zero-order valence-corrected chi connectivity index (χ0v) is 9.99. The van der Waals surface area contributed by atoms with E-state index in [1.807, 2.05) is 23.1 Å². The van der Waals surface area contributed by atoms with E-state index in [1.165, 1.54) is 5.30 Å². The van der Waals surface area contributed by atoms with Gasteiger partial charge in [-0.3, -0.25) is 4.79 Å². The summed E-state index contributed by atoms with van der Waals surface area (Å²) >= 11 is 0. The lowest BCUT2D eigenvalue weighted by Gasteiger charge is -2.15. The van der Waals surface area contributed by atoms with E-state index < -0.39 is 0 Å². The van der Waals surface area contributed by atoms with Crippen LogP contribution in [0.4, 0.5) is 0 Å². The Bertz CT molecular complexity index is 358. The monoisotopic (exact) mass is 221 g/mol. The van der Waals surface area contributed by atoms with Crippen molar-refractivity contribution < 1.29 is 4.79 Å². The molecule has 1 heterocycles. The van der Waals surface area contributed by atoms with Crippen LogP contribution in [0.2, 0.25) is 0 Å². The third-order valence-corrected chi connectivity index (χ3v) is 3.68. The first-order valence-electron chi connectivity index (χ1n) is 5.38. The van der Waals surface area contributed by atoms with Gasteiger partial charge in [0.15, 0.2) is 0 Å². The Labute approximate surface area is 92.5 Å². The minimum absolute atomic E-state index is 0.201. The number of nitrogens with zero attached hydrogens (tertiary/aromatic N) is 1. The highest BCUT2D eigenvalue weighted by Crippen LogP contribution is 2.13. The smallest absolute Gasteiger partial charge is 0.253 e. The summed E-state index contributed by atoms with van der Waals surface area (Å²) in [6.45, 7) is 3.99. The van der Waals surface area contributed by atoms with Crippen LogP contribution in [0.25, 0.3) is 0 Å². The number of hydrogen-bond donors (Lipinski definition) is 0. The summed E-state index contributed by atoms with van der Waals surface area (Å²) in [5, 5.41) is 1.26. The zero-order valence-electron chi connectivity index (χ0n) is 8.99. The Morgan fingerprint density at radius 2 is 2.07 bits per heavy atom. The quantitative estimate of drug-likeness (QED) is 0.698. The molecule has 0 aromatic heterocycles. The molecule has 0 saturated carbocycles. The number of carbonyl (C=O) groups is 1. The van der Waals surface area contributed by atoms with Gasteiger partial charge in [-0.1, -0.05) is 20.7 Å². The summed E-state index contributed by atoms with van der Waals surface area (Å²) < 4.78 is 0. The molecule has 1 amide bonds. The van der Waals surface area contributed by atoms with Gasteiger partial charge in [0, 0.05) is 18.7 Å². The highest BCUT2D eigenvalue weighted by molar-refractivity contribution is 7.46. The fourth-order valence-electron chi connectivity index (χ4n) is 1.91. The minimum Gasteiger partial charge on any atom is -0.339 e. The molecule has 2 nitrogen and oxygen atoms in total. The second kappa shape index (κ2) is 4.76. The molecule has 1 saturated heterocycles. The molecule has 80 valence electrons. The van der Waals surface area contributed by atoms with Crippen LogP contribution in [0, 0.1) is 0 Å². The predicted molar refractivity (Wildman–Crippen MR) is 65.5 cm³/mol. The van der Waals surface area contributed by atoms with Crippen molar-refractivity contribution in [3.63, 3.8) is 0 Å². The van der Waals surface area contributed by atoms with Gasteiger partial charge < -0.3 is 4.90 Å². The molecule has 0 N–H and O–H groups in total. The van der Waals surface area contributed by atoms with Crippen molar-refractivity contribution in [2.75, 3.05) is 19.8 Å². The van der Waals surface area contributed by atoms with Crippen LogP contribution >= 0.6 is 8.58 Å². The molecule has 3 heteroatoms. The number of amides is 1. The average Bonchev–Trinajstić information content (AvgIpc) is 2.81. The van der Waals surface area contributed by atoms with E-state index in [2.05, 4.69) is 12.7 Å². The van der Waals surface area contributed by atoms with Gasteiger partial charge in [0.25, 0.3) is 5.91 Å². The van der Waals surface area contributed by atoms with Gasteiger partial charge in [0.05, 0.1) is 0 Å². The van der Waals surface area contributed by atoms with Crippen LogP contribution in [-0.2, 0) is 0 Å². The van der Waals surface area contributed by atoms with Crippen LogP contribution in [0.3, 0.4) is 0 Å². The number of hydrogen-bond acceptors (Lipinski definition) is 1. The molecule has 0 radical (unpaired) electrons. The molecule has 0 spiro atoms. The molecule has 1 aliphatic heterocycles. The standard InChI is InChI=1S/C12H16NOP/c1-15-11-6-4-5-10(9-11)12(14)13-7-2-3-8-13/h4-6,9,15H,2-3,7-8H2,1H3. The Hall–Kier alpha value is -0.880. The molecular weight excluding hydrogens is 205 g/mol. The van der Waals surface area contributed by atoms with E-state index in [9.17, 15) is 4.79 Å². The Kier molecular flexibility index (Phi) is 3.37. The summed E-state index contributed by atoms with van der Waals surface area (Å²) in [4.78, 5) is 14.0. The summed E-state index contributed by atoms with van der Waals surface area (Å²) in [6.07, 6.45) is 2.31. The van der Waals surface area contributed by atoms with Crippen molar-refractivity contribution in [3.8, 4) is 0 Å². The van der Waals surface area contributed by atoms with Gasteiger partial charge in [-0.2, -0.15) is 0 Å². The summed E-state index contributed by atoms with van der Waals surface area (Å²) in [5.41, 5.74) is 0.851. The largest absolute Gasteiger partial charge is 0.339 e. The molecule has 0 bridgehead atoms. The molecule has 0 aliphatic carbocycles. The molecule has 2 rings (SSSR count). The highest BCUT2D eigenvalue weighted by Gasteiger charge is 2.19. The van der Waals surface area contributed by atoms with E-state index in [-0.39, 0.29) is 5.91 Å². The van der Waals surface area contributed by atoms with Crippen LogP contribution in [0.1, 0.15) is 23.2 Å². The minimum atomic E-state index is 0.201. The summed E-state index contributed by atoms with van der Waals surface area (Å²) in [7, 11) is 0.759. The molecular formula is C12H16NOP. The van der Waals surface area contributed by atoms with Gasteiger partial charge in [-0.05, 0) is 36.9 Å². The van der Waals surface area contributed by atoms with E-state index >= 15 is 0 Å². The van der Waals surface area contributed by atoms with E-state index in [0.29, 0.717) is 0 Å². The number of rotatable bonds is 2. The van der Waals surface area contributed by atoms with Gasteiger partial charge >= 0.3 is 0 Å². The van der Waals surface area contributed by atoms with Crippen LogP contribution in [0.5, 0.6) is 0 Å². The third-order valence-electron chi connectivity index (χ3n) is 2.79. The maximum atomic E-state index is 12.0. The van der Waals surface area contributed by atoms with Gasteiger partial charge in [-0.25, -0.2) is 0 Å². The predicted octanol–water partition coefficient (Wildman–Crippen LogP) is 1.86. The lowest BCUT2D eigenvalue weighted by atomic mass is 10.2. The topological polar surface area (TPSA) is 20.3 Å². The second-order valence-electron chi connectivity index (χ2n) is 3.83. The number of likely N-dealkylation sites (tertiary alicyclic amines) is 1.